The van der Waals surface area contributed by atoms with Gasteiger partial charge in [-0.1, -0.05) is 25.1 Å². The number of aryl methyl sites for hydroxylation is 1. The van der Waals surface area contributed by atoms with Crippen LogP contribution < -0.4 is 14.9 Å². The lowest BCUT2D eigenvalue weighted by Gasteiger charge is -2.11. The van der Waals surface area contributed by atoms with Crippen molar-refractivity contribution in [2.45, 2.75) is 27.2 Å². The van der Waals surface area contributed by atoms with Gasteiger partial charge in [-0.15, -0.1) is 0 Å². The van der Waals surface area contributed by atoms with Gasteiger partial charge in [0, 0.05) is 22.6 Å². The zero-order valence-corrected chi connectivity index (χ0v) is 18.0. The van der Waals surface area contributed by atoms with E-state index in [2.05, 4.69) is 15.1 Å². The molecule has 1 amide bonds. The van der Waals surface area contributed by atoms with Crippen LogP contribution in [0.4, 0.5) is 0 Å². The minimum atomic E-state index is -0.239. The summed E-state index contributed by atoms with van der Waals surface area (Å²) in [5.74, 6) is 1.03. The van der Waals surface area contributed by atoms with Crippen LogP contribution in [-0.4, -0.2) is 30.4 Å². The van der Waals surface area contributed by atoms with Crippen molar-refractivity contribution in [1.29, 1.82) is 0 Å². The number of hydrogen-bond acceptors (Lipinski definition) is 4. The molecule has 1 aromatic heterocycles. The number of amides is 1. The molecule has 0 aliphatic rings. The second-order valence-corrected chi connectivity index (χ2v) is 6.88. The maximum absolute atomic E-state index is 12.9. The van der Waals surface area contributed by atoms with E-state index in [4.69, 9.17) is 9.47 Å². The van der Waals surface area contributed by atoms with Gasteiger partial charge in [0.05, 0.1) is 25.5 Å². The van der Waals surface area contributed by atoms with Gasteiger partial charge in [0.25, 0.3) is 5.91 Å². The summed E-state index contributed by atoms with van der Waals surface area (Å²) in [6.07, 6.45) is 0.652. The maximum atomic E-state index is 12.9. The first-order valence-electron chi connectivity index (χ1n) is 9.83. The summed E-state index contributed by atoms with van der Waals surface area (Å²) in [6, 6.07) is 17.4. The number of hydrazone groups is 1. The van der Waals surface area contributed by atoms with Crippen molar-refractivity contribution in [3.8, 4) is 17.2 Å². The number of aromatic nitrogens is 1. The highest BCUT2D eigenvalue weighted by atomic mass is 16.5. The Morgan fingerprint density at radius 2 is 1.70 bits per heavy atom. The predicted molar refractivity (Wildman–Crippen MR) is 119 cm³/mol. The van der Waals surface area contributed by atoms with E-state index in [9.17, 15) is 4.79 Å². The van der Waals surface area contributed by atoms with Crippen LogP contribution in [0.5, 0.6) is 11.5 Å². The molecule has 0 aliphatic heterocycles. The van der Waals surface area contributed by atoms with E-state index in [0.29, 0.717) is 23.5 Å². The fraction of sp³-hybridized carbons (Fsp3) is 0.250. The van der Waals surface area contributed by atoms with Crippen LogP contribution in [0, 0.1) is 13.8 Å². The number of nitrogens with one attached hydrogen (secondary N) is 1. The van der Waals surface area contributed by atoms with Crippen molar-refractivity contribution in [2.24, 2.45) is 5.10 Å². The molecule has 0 saturated carbocycles. The zero-order chi connectivity index (χ0) is 21.7. The van der Waals surface area contributed by atoms with Crippen molar-refractivity contribution in [1.82, 2.24) is 9.99 Å². The Bertz CT molecular complexity index is 1070. The molecule has 0 spiro atoms. The van der Waals surface area contributed by atoms with Gasteiger partial charge < -0.3 is 14.0 Å². The first-order chi connectivity index (χ1) is 14.5. The summed E-state index contributed by atoms with van der Waals surface area (Å²) in [4.78, 5) is 12.9. The topological polar surface area (TPSA) is 64.9 Å². The van der Waals surface area contributed by atoms with Crippen molar-refractivity contribution >= 4 is 11.6 Å². The smallest absolute Gasteiger partial charge is 0.273 e. The first-order valence-corrected chi connectivity index (χ1v) is 9.83. The Morgan fingerprint density at radius 3 is 2.33 bits per heavy atom. The van der Waals surface area contributed by atoms with E-state index in [0.717, 1.165) is 28.4 Å². The standard InChI is InChI=1S/C24H27N3O3/c1-6-21(18-12-13-22(29-4)23(15-18)30-5)25-26-24(28)20-14-16(2)27(17(20)3)19-10-8-7-9-11-19/h7-15H,6H2,1-5H3,(H,26,28)/b25-21+. The second-order valence-electron chi connectivity index (χ2n) is 6.88. The number of hydrogen-bond donors (Lipinski definition) is 1. The minimum Gasteiger partial charge on any atom is -0.493 e. The quantitative estimate of drug-likeness (QED) is 0.459. The van der Waals surface area contributed by atoms with Crippen LogP contribution in [0.25, 0.3) is 5.69 Å². The van der Waals surface area contributed by atoms with E-state index in [1.165, 1.54) is 0 Å². The third-order valence-corrected chi connectivity index (χ3v) is 5.03. The fourth-order valence-corrected chi connectivity index (χ4v) is 3.51. The summed E-state index contributed by atoms with van der Waals surface area (Å²) in [7, 11) is 3.19. The number of rotatable bonds is 7. The molecule has 0 bridgehead atoms. The fourth-order valence-electron chi connectivity index (χ4n) is 3.51. The van der Waals surface area contributed by atoms with Gasteiger partial charge in [-0.25, -0.2) is 5.43 Å². The minimum absolute atomic E-state index is 0.239. The van der Waals surface area contributed by atoms with Gasteiger partial charge in [0.1, 0.15) is 0 Å². The number of methoxy groups -OCH3 is 2. The van der Waals surface area contributed by atoms with Crippen LogP contribution in [-0.2, 0) is 0 Å². The molecule has 156 valence electrons. The van der Waals surface area contributed by atoms with E-state index in [-0.39, 0.29) is 5.91 Å². The molecule has 3 aromatic rings. The number of para-hydroxylation sites is 1. The Balaban J connectivity index is 1.86. The number of carbonyl (C=O) groups is 1. The predicted octanol–water partition coefficient (Wildman–Crippen LogP) is 4.66. The summed E-state index contributed by atoms with van der Waals surface area (Å²) in [5.41, 5.74) is 7.81. The Labute approximate surface area is 177 Å². The lowest BCUT2D eigenvalue weighted by atomic mass is 10.1. The molecule has 0 atom stereocenters. The monoisotopic (exact) mass is 405 g/mol. The number of carbonyl (C=O) groups excluding carboxylic acids is 1. The molecule has 6 heteroatoms. The normalized spacial score (nSPS) is 11.3. The molecule has 1 N–H and O–H groups in total. The Hall–Kier alpha value is -3.54. The molecule has 6 nitrogen and oxygen atoms in total. The third-order valence-electron chi connectivity index (χ3n) is 5.03. The third kappa shape index (κ3) is 4.22. The van der Waals surface area contributed by atoms with E-state index in [1.807, 2.05) is 75.4 Å². The van der Waals surface area contributed by atoms with Crippen LogP contribution in [0.3, 0.4) is 0 Å². The molecule has 0 unspecified atom stereocenters. The maximum Gasteiger partial charge on any atom is 0.273 e. The van der Waals surface area contributed by atoms with Gasteiger partial charge in [-0.3, -0.25) is 4.79 Å². The van der Waals surface area contributed by atoms with Gasteiger partial charge in [-0.2, -0.15) is 5.10 Å². The molecule has 1 heterocycles. The molecule has 2 aromatic carbocycles. The van der Waals surface area contributed by atoms with Crippen LogP contribution in [0.2, 0.25) is 0 Å². The van der Waals surface area contributed by atoms with Gasteiger partial charge in [-0.05, 0) is 56.7 Å². The molecule has 30 heavy (non-hydrogen) atoms. The van der Waals surface area contributed by atoms with Crippen molar-refractivity contribution in [3.63, 3.8) is 0 Å². The number of ether oxygens (including phenoxy) is 2. The average molecular weight is 405 g/mol. The molecular weight excluding hydrogens is 378 g/mol. The molecule has 3 rings (SSSR count). The summed E-state index contributed by atoms with van der Waals surface area (Å²) in [6.45, 7) is 5.91. The van der Waals surface area contributed by atoms with Gasteiger partial charge in [0.2, 0.25) is 0 Å². The molecule has 0 radical (unpaired) electrons. The van der Waals surface area contributed by atoms with Crippen molar-refractivity contribution in [3.05, 3.63) is 77.1 Å². The van der Waals surface area contributed by atoms with Crippen molar-refractivity contribution in [2.75, 3.05) is 14.2 Å². The first kappa shape index (κ1) is 21.2. The van der Waals surface area contributed by atoms with E-state index < -0.39 is 0 Å². The molecule has 0 aliphatic carbocycles. The summed E-state index contributed by atoms with van der Waals surface area (Å²) >= 11 is 0. The lowest BCUT2D eigenvalue weighted by Crippen LogP contribution is -2.20. The van der Waals surface area contributed by atoms with Crippen molar-refractivity contribution < 1.29 is 14.3 Å². The Kier molecular flexibility index (Phi) is 6.57. The highest BCUT2D eigenvalue weighted by Gasteiger charge is 2.17. The highest BCUT2D eigenvalue weighted by Crippen LogP contribution is 2.28. The number of benzene rings is 2. The second kappa shape index (κ2) is 9.31. The van der Waals surface area contributed by atoms with Gasteiger partial charge >= 0.3 is 0 Å². The van der Waals surface area contributed by atoms with E-state index >= 15 is 0 Å². The number of nitrogens with zero attached hydrogens (tertiary/aromatic N) is 2. The molecular formula is C24H27N3O3. The van der Waals surface area contributed by atoms with E-state index in [1.54, 1.807) is 14.2 Å². The largest absolute Gasteiger partial charge is 0.493 e. The summed E-state index contributed by atoms with van der Waals surface area (Å²) in [5, 5.41) is 4.38. The molecule has 0 saturated heterocycles. The van der Waals surface area contributed by atoms with Crippen LogP contribution in [0.1, 0.15) is 40.7 Å². The lowest BCUT2D eigenvalue weighted by molar-refractivity contribution is 0.0954. The molecule has 0 fully saturated rings. The zero-order valence-electron chi connectivity index (χ0n) is 18.0. The van der Waals surface area contributed by atoms with Crippen LogP contribution >= 0.6 is 0 Å². The summed E-state index contributed by atoms with van der Waals surface area (Å²) < 4.78 is 12.7. The highest BCUT2D eigenvalue weighted by molar-refractivity contribution is 6.02. The van der Waals surface area contributed by atoms with Gasteiger partial charge in [0.15, 0.2) is 11.5 Å². The SMILES string of the molecule is CC/C(=N\NC(=O)c1cc(C)n(-c2ccccc2)c1C)c1ccc(OC)c(OC)c1. The average Bonchev–Trinajstić information content (AvgIpc) is 3.08. The van der Waals surface area contributed by atoms with Crippen LogP contribution in [0.15, 0.2) is 59.7 Å². The Morgan fingerprint density at radius 1 is 1.00 bits per heavy atom.